The molecule has 1 N–H and O–H groups in total. The Morgan fingerprint density at radius 1 is 0.825 bits per heavy atom. The Kier molecular flexibility index (Phi) is 8.24. The third kappa shape index (κ3) is 6.58. The van der Waals surface area contributed by atoms with Gasteiger partial charge >= 0.3 is 0 Å². The van der Waals surface area contributed by atoms with E-state index in [-0.39, 0.29) is 23.9 Å². The topological polar surface area (TPSA) is 96.7 Å². The fourth-order valence-corrected chi connectivity index (χ4v) is 5.53. The maximum atomic E-state index is 13.5. The van der Waals surface area contributed by atoms with Crippen molar-refractivity contribution in [3.63, 3.8) is 0 Å². The van der Waals surface area contributed by atoms with E-state index in [1.807, 2.05) is 65.4 Å². The molecule has 40 heavy (non-hydrogen) atoms. The molecular formula is C31H27N5O3S. The number of rotatable bonds is 10. The number of amides is 1. The number of carbonyl (C=O) groups is 1. The summed E-state index contributed by atoms with van der Waals surface area (Å²) in [7, 11) is -3.75. The predicted octanol–water partition coefficient (Wildman–Crippen LogP) is 5.03. The van der Waals surface area contributed by atoms with Crippen LogP contribution >= 0.6 is 0 Å². The zero-order valence-corrected chi connectivity index (χ0v) is 22.4. The third-order valence-corrected chi connectivity index (χ3v) is 8.04. The monoisotopic (exact) mass is 549 g/mol. The van der Waals surface area contributed by atoms with Gasteiger partial charge in [-0.3, -0.25) is 4.79 Å². The molecule has 0 aliphatic rings. The van der Waals surface area contributed by atoms with Crippen molar-refractivity contribution >= 4 is 22.1 Å². The number of benzene rings is 4. The molecule has 8 nitrogen and oxygen atoms in total. The molecule has 0 aliphatic carbocycles. The minimum atomic E-state index is -3.75. The first-order chi connectivity index (χ1) is 19.5. The van der Waals surface area contributed by atoms with Gasteiger partial charge in [0.2, 0.25) is 10.0 Å². The molecule has 1 amide bonds. The van der Waals surface area contributed by atoms with Crippen LogP contribution in [0.3, 0.4) is 0 Å². The number of carbonyl (C=O) groups excluding carboxylic acids is 1. The molecule has 0 saturated carbocycles. The number of sulfonamides is 1. The quantitative estimate of drug-likeness (QED) is 0.195. The lowest BCUT2D eigenvalue weighted by Gasteiger charge is -2.22. The zero-order valence-electron chi connectivity index (χ0n) is 21.5. The fourth-order valence-electron chi connectivity index (χ4n) is 4.09. The van der Waals surface area contributed by atoms with Gasteiger partial charge < -0.3 is 4.57 Å². The Bertz CT molecular complexity index is 1670. The maximum absolute atomic E-state index is 13.5. The van der Waals surface area contributed by atoms with Crippen LogP contribution in [0.15, 0.2) is 138 Å². The molecular weight excluding hydrogens is 522 g/mol. The van der Waals surface area contributed by atoms with Crippen LogP contribution in [-0.4, -0.2) is 34.4 Å². The summed E-state index contributed by atoms with van der Waals surface area (Å²) in [5, 5.41) is 4.06. The third-order valence-electron chi connectivity index (χ3n) is 6.23. The van der Waals surface area contributed by atoms with E-state index >= 15 is 0 Å². The molecule has 0 fully saturated rings. The summed E-state index contributed by atoms with van der Waals surface area (Å²) in [4.78, 5) is 16.9. The lowest BCUT2D eigenvalue weighted by molar-refractivity contribution is 0.0955. The van der Waals surface area contributed by atoms with E-state index in [2.05, 4.69) is 15.5 Å². The van der Waals surface area contributed by atoms with Crippen molar-refractivity contribution in [2.24, 2.45) is 5.10 Å². The lowest BCUT2D eigenvalue weighted by Crippen LogP contribution is -2.30. The van der Waals surface area contributed by atoms with Crippen LogP contribution in [0, 0.1) is 0 Å². The van der Waals surface area contributed by atoms with Gasteiger partial charge in [-0.05, 0) is 53.1 Å². The number of nitrogens with zero attached hydrogens (tertiary/aromatic N) is 4. The van der Waals surface area contributed by atoms with Crippen molar-refractivity contribution in [3.8, 4) is 5.69 Å². The maximum Gasteiger partial charge on any atom is 0.271 e. The summed E-state index contributed by atoms with van der Waals surface area (Å²) in [5.74, 6) is -0.365. The minimum Gasteiger partial charge on any atom is -0.306 e. The van der Waals surface area contributed by atoms with E-state index in [4.69, 9.17) is 0 Å². The van der Waals surface area contributed by atoms with Crippen molar-refractivity contribution in [2.45, 2.75) is 18.0 Å². The van der Waals surface area contributed by atoms with Crippen LogP contribution in [0.5, 0.6) is 0 Å². The molecule has 0 spiro atoms. The highest BCUT2D eigenvalue weighted by Crippen LogP contribution is 2.21. The molecule has 0 radical (unpaired) electrons. The van der Waals surface area contributed by atoms with E-state index in [0.29, 0.717) is 5.56 Å². The normalized spacial score (nSPS) is 11.6. The Hall–Kier alpha value is -4.86. The first-order valence-electron chi connectivity index (χ1n) is 12.6. The minimum absolute atomic E-state index is 0.154. The molecule has 1 heterocycles. The Morgan fingerprint density at radius 2 is 1.45 bits per heavy atom. The highest BCUT2D eigenvalue weighted by molar-refractivity contribution is 7.89. The van der Waals surface area contributed by atoms with Gasteiger partial charge in [-0.15, -0.1) is 0 Å². The summed E-state index contributed by atoms with van der Waals surface area (Å²) >= 11 is 0. The number of nitrogens with one attached hydrogen (secondary N) is 1. The lowest BCUT2D eigenvalue weighted by atomic mass is 10.1. The molecule has 5 rings (SSSR count). The largest absolute Gasteiger partial charge is 0.306 e. The van der Waals surface area contributed by atoms with E-state index in [1.165, 1.54) is 4.31 Å². The van der Waals surface area contributed by atoms with Crippen molar-refractivity contribution in [2.75, 3.05) is 0 Å². The van der Waals surface area contributed by atoms with Gasteiger partial charge in [0.15, 0.2) is 0 Å². The van der Waals surface area contributed by atoms with Crippen LogP contribution in [0.25, 0.3) is 5.69 Å². The zero-order chi connectivity index (χ0) is 27.8. The number of hydrogen-bond donors (Lipinski definition) is 1. The van der Waals surface area contributed by atoms with Crippen LogP contribution in [0.4, 0.5) is 0 Å². The summed E-state index contributed by atoms with van der Waals surface area (Å²) < 4.78 is 30.3. The summed E-state index contributed by atoms with van der Waals surface area (Å²) in [6.07, 6.45) is 6.86. The number of imidazole rings is 1. The molecule has 200 valence electrons. The highest BCUT2D eigenvalue weighted by atomic mass is 32.2. The standard InChI is InChI=1S/C31H27N5O3S/c37-31(34-33-21-25-13-17-29(18-14-25)35-20-19-32-24-35)28-15-11-27(12-16-28)23-36(22-26-7-3-1-4-8-26)40(38,39)30-9-5-2-6-10-30/h1-21,24H,22-23H2,(H,34,37). The summed E-state index contributed by atoms with van der Waals surface area (Å²) in [6.45, 7) is 0.375. The van der Waals surface area contributed by atoms with Crippen molar-refractivity contribution in [3.05, 3.63) is 150 Å². The molecule has 9 heteroatoms. The molecule has 5 aromatic rings. The van der Waals surface area contributed by atoms with Gasteiger partial charge in [0.1, 0.15) is 0 Å². The number of hydrazone groups is 1. The van der Waals surface area contributed by atoms with Gasteiger partial charge in [-0.25, -0.2) is 18.8 Å². The second-order valence-corrected chi connectivity index (χ2v) is 11.0. The van der Waals surface area contributed by atoms with Crippen LogP contribution in [0.1, 0.15) is 27.0 Å². The first kappa shape index (κ1) is 26.7. The average Bonchev–Trinajstić information content (AvgIpc) is 3.54. The first-order valence-corrected chi connectivity index (χ1v) is 14.0. The molecule has 0 aliphatic heterocycles. The molecule has 0 unspecified atom stereocenters. The van der Waals surface area contributed by atoms with E-state index < -0.39 is 10.0 Å². The molecule has 4 aromatic carbocycles. The Morgan fingerprint density at radius 3 is 2.08 bits per heavy atom. The summed E-state index contributed by atoms with van der Waals surface area (Å²) in [6, 6.07) is 32.3. The predicted molar refractivity (Wildman–Crippen MR) is 154 cm³/mol. The van der Waals surface area contributed by atoms with Crippen LogP contribution in [-0.2, 0) is 23.1 Å². The van der Waals surface area contributed by atoms with Crippen molar-refractivity contribution < 1.29 is 13.2 Å². The Balaban J connectivity index is 1.24. The summed E-state index contributed by atoms with van der Waals surface area (Å²) in [5.41, 5.74) is 6.39. The SMILES string of the molecule is O=C(NN=Cc1ccc(-n2ccnc2)cc1)c1ccc(CN(Cc2ccccc2)S(=O)(=O)c2ccccc2)cc1. The second-order valence-electron chi connectivity index (χ2n) is 9.03. The number of aromatic nitrogens is 2. The van der Waals surface area contributed by atoms with Crippen molar-refractivity contribution in [1.29, 1.82) is 0 Å². The smallest absolute Gasteiger partial charge is 0.271 e. The van der Waals surface area contributed by atoms with Gasteiger partial charge in [0, 0.05) is 36.7 Å². The molecule has 1 aromatic heterocycles. The van der Waals surface area contributed by atoms with Crippen molar-refractivity contribution in [1.82, 2.24) is 19.3 Å². The molecule has 0 bridgehead atoms. The van der Waals surface area contributed by atoms with E-state index in [1.54, 1.807) is 73.3 Å². The average molecular weight is 550 g/mol. The molecule has 0 atom stereocenters. The number of hydrogen-bond acceptors (Lipinski definition) is 5. The fraction of sp³-hybridized carbons (Fsp3) is 0.0645. The van der Waals surface area contributed by atoms with Gasteiger partial charge in [-0.1, -0.05) is 72.8 Å². The van der Waals surface area contributed by atoms with Crippen LogP contribution < -0.4 is 5.43 Å². The van der Waals surface area contributed by atoms with Crippen LogP contribution in [0.2, 0.25) is 0 Å². The Labute approximate surface area is 233 Å². The van der Waals surface area contributed by atoms with E-state index in [0.717, 1.165) is 22.4 Å². The highest BCUT2D eigenvalue weighted by Gasteiger charge is 2.25. The van der Waals surface area contributed by atoms with Gasteiger partial charge in [-0.2, -0.15) is 9.41 Å². The van der Waals surface area contributed by atoms with Gasteiger partial charge in [0.05, 0.1) is 17.4 Å². The van der Waals surface area contributed by atoms with Gasteiger partial charge in [0.25, 0.3) is 5.91 Å². The van der Waals surface area contributed by atoms with E-state index in [9.17, 15) is 13.2 Å². The molecule has 0 saturated heterocycles. The second kappa shape index (κ2) is 12.3.